The van der Waals surface area contributed by atoms with E-state index in [1.54, 1.807) is 31.2 Å². The maximum atomic E-state index is 13.2. The van der Waals surface area contributed by atoms with Gasteiger partial charge < -0.3 is 4.90 Å². The highest BCUT2D eigenvalue weighted by Crippen LogP contribution is 2.40. The Balaban J connectivity index is 2.12. The van der Waals surface area contributed by atoms with Gasteiger partial charge in [-0.25, -0.2) is 14.1 Å². The molecule has 2 aromatic rings. The third-order valence-electron chi connectivity index (χ3n) is 4.39. The van der Waals surface area contributed by atoms with Crippen LogP contribution in [-0.2, 0) is 10.3 Å². The van der Waals surface area contributed by atoms with Crippen molar-refractivity contribution in [2.75, 3.05) is 18.1 Å². The van der Waals surface area contributed by atoms with Crippen molar-refractivity contribution < 1.29 is 14.0 Å². The van der Waals surface area contributed by atoms with Gasteiger partial charge in [0.1, 0.15) is 12.2 Å². The number of imide groups is 1. The van der Waals surface area contributed by atoms with Crippen LogP contribution in [-0.4, -0.2) is 30.1 Å². The predicted octanol–water partition coefficient (Wildman–Crippen LogP) is 4.65. The fourth-order valence-electron chi connectivity index (χ4n) is 3.03. The SMILES string of the molecule is CC1(c2ccccc2)C(=O)N(c2ccc(Cl)c(Cl)c2)C(=O)N1CCF. The highest BCUT2D eigenvalue weighted by Gasteiger charge is 2.55. The number of anilines is 1. The lowest BCUT2D eigenvalue weighted by Crippen LogP contribution is -2.45. The maximum Gasteiger partial charge on any atom is 0.332 e. The molecule has 1 saturated heterocycles. The maximum absolute atomic E-state index is 13.2. The van der Waals surface area contributed by atoms with Crippen LogP contribution in [0.1, 0.15) is 12.5 Å². The number of hydrogen-bond donors (Lipinski definition) is 0. The highest BCUT2D eigenvalue weighted by molar-refractivity contribution is 6.42. The van der Waals surface area contributed by atoms with Crippen LogP contribution in [0.3, 0.4) is 0 Å². The molecule has 1 atom stereocenters. The monoisotopic (exact) mass is 380 g/mol. The average Bonchev–Trinajstić information content (AvgIpc) is 2.80. The first-order valence-electron chi connectivity index (χ1n) is 7.64. The molecule has 0 aromatic heterocycles. The summed E-state index contributed by atoms with van der Waals surface area (Å²) in [4.78, 5) is 28.3. The molecule has 2 aromatic carbocycles. The van der Waals surface area contributed by atoms with Crippen molar-refractivity contribution in [1.29, 1.82) is 0 Å². The zero-order chi connectivity index (χ0) is 18.2. The number of amides is 3. The van der Waals surface area contributed by atoms with Crippen LogP contribution in [0.25, 0.3) is 0 Å². The van der Waals surface area contributed by atoms with Crippen LogP contribution in [0.5, 0.6) is 0 Å². The molecule has 0 spiro atoms. The Kier molecular flexibility index (Phi) is 4.71. The molecule has 4 nitrogen and oxygen atoms in total. The molecule has 0 aliphatic carbocycles. The molecule has 25 heavy (non-hydrogen) atoms. The molecule has 0 radical (unpaired) electrons. The van der Waals surface area contributed by atoms with Crippen LogP contribution >= 0.6 is 23.2 Å². The fraction of sp³-hybridized carbons (Fsp3) is 0.222. The fourth-order valence-corrected chi connectivity index (χ4v) is 3.32. The molecular formula is C18H15Cl2FN2O2. The molecule has 130 valence electrons. The first-order valence-corrected chi connectivity index (χ1v) is 8.39. The molecule has 3 amide bonds. The van der Waals surface area contributed by atoms with E-state index in [4.69, 9.17) is 23.2 Å². The smallest absolute Gasteiger partial charge is 0.303 e. The van der Waals surface area contributed by atoms with Gasteiger partial charge in [0.05, 0.1) is 22.3 Å². The van der Waals surface area contributed by atoms with Crippen molar-refractivity contribution in [2.24, 2.45) is 0 Å². The normalized spacial score (nSPS) is 20.5. The van der Waals surface area contributed by atoms with Gasteiger partial charge in [0.15, 0.2) is 0 Å². The number of alkyl halides is 1. The molecule has 1 unspecified atom stereocenters. The lowest BCUT2D eigenvalue weighted by molar-refractivity contribution is -0.124. The Labute approximate surface area is 154 Å². The molecule has 0 N–H and O–H groups in total. The lowest BCUT2D eigenvalue weighted by atomic mass is 9.90. The molecule has 1 heterocycles. The van der Waals surface area contributed by atoms with Crippen LogP contribution in [0.4, 0.5) is 14.9 Å². The van der Waals surface area contributed by atoms with Gasteiger partial charge in [-0.3, -0.25) is 4.79 Å². The third kappa shape index (κ3) is 2.77. The molecule has 0 bridgehead atoms. The van der Waals surface area contributed by atoms with E-state index in [0.29, 0.717) is 16.3 Å². The molecule has 0 saturated carbocycles. The van der Waals surface area contributed by atoms with Gasteiger partial charge in [0, 0.05) is 0 Å². The second-order valence-corrected chi connectivity index (χ2v) is 6.61. The number of benzene rings is 2. The second kappa shape index (κ2) is 6.65. The topological polar surface area (TPSA) is 40.6 Å². The summed E-state index contributed by atoms with van der Waals surface area (Å²) in [5.74, 6) is -0.462. The average molecular weight is 381 g/mol. The van der Waals surface area contributed by atoms with E-state index < -0.39 is 24.2 Å². The van der Waals surface area contributed by atoms with Crippen molar-refractivity contribution in [3.8, 4) is 0 Å². The number of carbonyl (C=O) groups excluding carboxylic acids is 2. The summed E-state index contributed by atoms with van der Waals surface area (Å²) in [6, 6.07) is 12.7. The van der Waals surface area contributed by atoms with Gasteiger partial charge in [0.25, 0.3) is 5.91 Å². The Morgan fingerprint density at radius 1 is 1.04 bits per heavy atom. The second-order valence-electron chi connectivity index (χ2n) is 5.80. The Bertz CT molecular complexity index is 831. The summed E-state index contributed by atoms with van der Waals surface area (Å²) in [5, 5.41) is 0.543. The van der Waals surface area contributed by atoms with Crippen molar-refractivity contribution in [2.45, 2.75) is 12.5 Å². The quantitative estimate of drug-likeness (QED) is 0.724. The van der Waals surface area contributed by atoms with Crippen LogP contribution < -0.4 is 4.90 Å². The van der Waals surface area contributed by atoms with E-state index in [1.807, 2.05) is 6.07 Å². The van der Waals surface area contributed by atoms with Crippen LogP contribution in [0.2, 0.25) is 10.0 Å². The van der Waals surface area contributed by atoms with Crippen molar-refractivity contribution in [3.05, 3.63) is 64.1 Å². The molecule has 7 heteroatoms. The number of carbonyl (C=O) groups is 2. The molecule has 1 fully saturated rings. The number of nitrogens with zero attached hydrogens (tertiary/aromatic N) is 2. The lowest BCUT2D eigenvalue weighted by Gasteiger charge is -2.31. The third-order valence-corrected chi connectivity index (χ3v) is 5.13. The summed E-state index contributed by atoms with van der Waals surface area (Å²) in [7, 11) is 0. The van der Waals surface area contributed by atoms with Gasteiger partial charge in [-0.2, -0.15) is 0 Å². The van der Waals surface area contributed by atoms with Gasteiger partial charge in [-0.15, -0.1) is 0 Å². The Hall–Kier alpha value is -2.11. The highest BCUT2D eigenvalue weighted by atomic mass is 35.5. The van der Waals surface area contributed by atoms with Crippen molar-refractivity contribution >= 4 is 40.8 Å². The van der Waals surface area contributed by atoms with Crippen molar-refractivity contribution in [3.63, 3.8) is 0 Å². The minimum absolute atomic E-state index is 0.187. The first kappa shape index (κ1) is 17.7. The molecular weight excluding hydrogens is 366 g/mol. The number of hydrogen-bond acceptors (Lipinski definition) is 2. The number of halogens is 3. The minimum atomic E-state index is -1.30. The van der Waals surface area contributed by atoms with E-state index in [-0.39, 0.29) is 11.6 Å². The minimum Gasteiger partial charge on any atom is -0.303 e. The Morgan fingerprint density at radius 2 is 1.72 bits per heavy atom. The summed E-state index contributed by atoms with van der Waals surface area (Å²) in [5.41, 5.74) is -0.381. The summed E-state index contributed by atoms with van der Waals surface area (Å²) in [6.07, 6.45) is 0. The zero-order valence-electron chi connectivity index (χ0n) is 13.4. The van der Waals surface area contributed by atoms with Gasteiger partial charge >= 0.3 is 6.03 Å². The van der Waals surface area contributed by atoms with Crippen LogP contribution in [0.15, 0.2) is 48.5 Å². The zero-order valence-corrected chi connectivity index (χ0v) is 14.9. The predicted molar refractivity (Wildman–Crippen MR) is 95.8 cm³/mol. The van der Waals surface area contributed by atoms with E-state index in [9.17, 15) is 14.0 Å². The first-order chi connectivity index (χ1) is 11.9. The molecule has 1 aliphatic heterocycles. The van der Waals surface area contributed by atoms with Gasteiger partial charge in [-0.05, 0) is 30.7 Å². The summed E-state index contributed by atoms with van der Waals surface area (Å²) < 4.78 is 13.1. The van der Waals surface area contributed by atoms with Crippen molar-refractivity contribution in [1.82, 2.24) is 4.90 Å². The van der Waals surface area contributed by atoms with Crippen LogP contribution in [0, 0.1) is 0 Å². The van der Waals surface area contributed by atoms with E-state index in [0.717, 1.165) is 4.90 Å². The molecule has 3 rings (SSSR count). The largest absolute Gasteiger partial charge is 0.332 e. The standard InChI is InChI=1S/C18H15Cl2FN2O2/c1-18(12-5-3-2-4-6-12)16(24)23(17(25)22(18)10-9-21)13-7-8-14(19)15(20)11-13/h2-8,11H,9-10H2,1H3. The van der Waals surface area contributed by atoms with E-state index in [1.165, 1.54) is 23.1 Å². The summed E-state index contributed by atoms with van der Waals surface area (Å²) in [6.45, 7) is 0.681. The Morgan fingerprint density at radius 3 is 2.32 bits per heavy atom. The van der Waals surface area contributed by atoms with E-state index >= 15 is 0 Å². The van der Waals surface area contributed by atoms with Gasteiger partial charge in [0.2, 0.25) is 0 Å². The molecule has 1 aliphatic rings. The van der Waals surface area contributed by atoms with E-state index in [2.05, 4.69) is 0 Å². The number of rotatable bonds is 4. The number of urea groups is 1. The summed E-state index contributed by atoms with van der Waals surface area (Å²) >= 11 is 11.9. The van der Waals surface area contributed by atoms with Gasteiger partial charge in [-0.1, -0.05) is 53.5 Å².